The van der Waals surface area contributed by atoms with Gasteiger partial charge in [-0.2, -0.15) is 19.2 Å². The fourth-order valence-electron chi connectivity index (χ4n) is 17.0. The van der Waals surface area contributed by atoms with Gasteiger partial charge in [0.2, 0.25) is 4.29 Å². The van der Waals surface area contributed by atoms with Crippen molar-refractivity contribution in [3.8, 4) is 0 Å². The van der Waals surface area contributed by atoms with Gasteiger partial charge in [0.25, 0.3) is 0 Å². The van der Waals surface area contributed by atoms with Crippen molar-refractivity contribution in [1.29, 1.82) is 4.29 Å². The highest BCUT2D eigenvalue weighted by Gasteiger charge is 2.50. The number of anilines is 7. The Morgan fingerprint density at radius 1 is 0.347 bits per heavy atom. The molecule has 7 saturated heterocycles. The van der Waals surface area contributed by atoms with Crippen LogP contribution in [-0.2, 0) is 52.3 Å². The summed E-state index contributed by atoms with van der Waals surface area (Å²) in [6.07, 6.45) is 1.09. The largest absolute Gasteiger partial charge is 0.396 e. The van der Waals surface area contributed by atoms with Crippen molar-refractivity contribution in [2.24, 2.45) is 23.7 Å². The van der Waals surface area contributed by atoms with Crippen LogP contribution in [0.5, 0.6) is 0 Å². The fraction of sp³-hybridized carbons (Fsp3) is 0.570. The lowest BCUT2D eigenvalue weighted by Crippen LogP contribution is -2.30. The number of carbonyl (C=O) groups excluding carboxylic acids is 4. The van der Waals surface area contributed by atoms with Crippen LogP contribution in [0.2, 0.25) is 0 Å². The Morgan fingerprint density at radius 2 is 0.605 bits per heavy atom. The quantitative estimate of drug-likeness (QED) is 0.0260. The molecule has 21 rings (SSSR count). The van der Waals surface area contributed by atoms with Crippen LogP contribution in [0.1, 0.15) is 135 Å². The van der Waals surface area contributed by atoms with Crippen molar-refractivity contribution in [1.82, 2.24) is 137 Å². The third-order valence-corrected chi connectivity index (χ3v) is 24.7. The van der Waals surface area contributed by atoms with E-state index in [4.69, 9.17) is 93.9 Å². The Bertz CT molecular complexity index is 6330. The maximum absolute atomic E-state index is 14.8. The molecule has 0 unspecified atom stereocenters. The van der Waals surface area contributed by atoms with Gasteiger partial charge in [0.05, 0.1) is 95.1 Å². The van der Waals surface area contributed by atoms with E-state index in [9.17, 15) is 46.1 Å². The summed E-state index contributed by atoms with van der Waals surface area (Å²) in [5.41, 5.74) is 28.7. The van der Waals surface area contributed by atoms with E-state index in [2.05, 4.69) is 136 Å². The molecule has 0 spiro atoms. The molecule has 14 aromatic heterocycles. The number of nitrogen functional groups attached to an aromatic ring is 4. The van der Waals surface area contributed by atoms with Crippen LogP contribution in [0.15, 0.2) is 88.6 Å². The van der Waals surface area contributed by atoms with Gasteiger partial charge in [-0.25, -0.2) is 135 Å². The number of hydrogen-bond donors (Lipinski definition) is 15. The predicted molar refractivity (Wildman–Crippen MR) is 499 cm³/mol. The molecule has 0 amide bonds. The average Bonchev–Trinajstić information content (AvgIpc) is 1.61. The maximum Gasteiger partial charge on any atom is 0.373 e. The monoisotopic (exact) mass is 2080 g/mol. The van der Waals surface area contributed by atoms with E-state index in [1.165, 1.54) is 107 Å². The third-order valence-electron chi connectivity index (χ3n) is 24.7. The molecular weight excluding hydrogens is 1960 g/mol. The van der Waals surface area contributed by atoms with Crippen LogP contribution in [0, 0.1) is 23.7 Å². The maximum atomic E-state index is 14.8. The van der Waals surface area contributed by atoms with Gasteiger partial charge in [-0.3, -0.25) is 32.0 Å². The first-order valence-corrected chi connectivity index (χ1v) is 45.8. The number of alkyl halides is 7. The number of fused-ring (bicyclic) bond motifs is 7. The zero-order chi connectivity index (χ0) is 110. The highest BCUT2D eigenvalue weighted by molar-refractivity contribution is 5.86. The predicted octanol–water partition coefficient (Wildman–Crippen LogP) is 3.08. The minimum absolute atomic E-state index is 0.0495. The van der Waals surface area contributed by atoms with Gasteiger partial charge in [-0.15, -0.1) is 0 Å². The number of aliphatic hydroxyl groups excluding tert-OH is 8. The summed E-state index contributed by atoms with van der Waals surface area (Å²) in [6, 6.07) is 0. The number of nitrogens with one attached hydrogen (secondary N) is 3. The van der Waals surface area contributed by atoms with E-state index in [1.807, 2.05) is 20.8 Å². The zero-order valence-electron chi connectivity index (χ0n) is 85.0. The Morgan fingerprint density at radius 3 is 0.891 bits per heavy atom. The van der Waals surface area contributed by atoms with E-state index in [0.717, 1.165) is 0 Å². The van der Waals surface area contributed by atoms with Crippen molar-refractivity contribution < 1.29 is 128 Å². The minimum atomic E-state index is -1.69. The summed E-state index contributed by atoms with van der Waals surface area (Å²) in [6.45, 7) is 9.54. The fourth-order valence-corrected chi connectivity index (χ4v) is 17.0. The van der Waals surface area contributed by atoms with Crippen molar-refractivity contribution >= 4 is 131 Å². The Balaban J connectivity index is 0.000000148. The van der Waals surface area contributed by atoms with Gasteiger partial charge in [-0.05, 0) is 59.2 Å². The summed E-state index contributed by atoms with van der Waals surface area (Å²) in [7, 11) is 0. The Labute approximate surface area is 836 Å². The number of aromatic nitrogens is 28. The minimum Gasteiger partial charge on any atom is -0.396 e. The second kappa shape index (κ2) is 51.0. The lowest BCUT2D eigenvalue weighted by molar-refractivity contribution is -0.193. The lowest BCUT2D eigenvalue weighted by Gasteiger charge is -2.16. The van der Waals surface area contributed by atoms with Gasteiger partial charge < -0.3 is 113 Å². The first-order valence-electron chi connectivity index (χ1n) is 49.1. The van der Waals surface area contributed by atoms with Gasteiger partial charge in [0, 0.05) is 67.2 Å². The molecule has 7 aliphatic heterocycles. The van der Waals surface area contributed by atoms with Crippen LogP contribution in [0.25, 0.3) is 78.1 Å². The summed E-state index contributed by atoms with van der Waals surface area (Å²) >= 11 is 0. The molecule has 26 atom stereocenters. The summed E-state index contributed by atoms with van der Waals surface area (Å²) in [5, 5.41) is 69.0. The molecule has 7 fully saturated rings. The van der Waals surface area contributed by atoms with E-state index in [0.29, 0.717) is 174 Å². The van der Waals surface area contributed by atoms with E-state index in [1.54, 1.807) is 20.6 Å². The molecule has 0 aromatic carbocycles. The normalized spacial score (nSPS) is 28.4. The second-order valence-electron chi connectivity index (χ2n) is 33.8. The van der Waals surface area contributed by atoms with Crippen molar-refractivity contribution in [3.05, 3.63) is 88.6 Å². The Kier molecular flexibility index (Phi) is 35.3. The van der Waals surface area contributed by atoms with Gasteiger partial charge in [-0.1, -0.05) is 27.7 Å². The van der Waals surface area contributed by atoms with E-state index in [-0.39, 0.29) is 106 Å². The van der Waals surface area contributed by atoms with Crippen LogP contribution in [0.3, 0.4) is 0 Å². The van der Waals surface area contributed by atoms with Crippen LogP contribution in [0.4, 0.5) is 71.5 Å². The molecule has 0 aliphatic carbocycles. The number of nitrogens with zero attached hydrogens (tertiary/aromatic N) is 28. The molecule has 14 aromatic rings. The van der Waals surface area contributed by atoms with Gasteiger partial charge in [0.1, 0.15) is 96.9 Å². The summed E-state index contributed by atoms with van der Waals surface area (Å²) in [5.74, 6) is 1.39. The van der Waals surface area contributed by atoms with Crippen molar-refractivity contribution in [2.45, 2.75) is 223 Å². The van der Waals surface area contributed by atoms with Crippen molar-refractivity contribution in [3.63, 3.8) is 0 Å². The van der Waals surface area contributed by atoms with Crippen LogP contribution >= 0.6 is 0 Å². The Hall–Kier alpha value is -13.9. The molecule has 7 aliphatic rings. The van der Waals surface area contributed by atoms with Crippen LogP contribution in [-0.4, -0.2) is 352 Å². The number of rotatable bonds is 27. The number of ether oxygens (including phenoxy) is 7. The topological polar surface area (TPSA) is 740 Å². The van der Waals surface area contributed by atoms with E-state index < -0.39 is 136 Å². The average molecular weight is 2090 g/mol. The third kappa shape index (κ3) is 23.9. The molecule has 0 saturated carbocycles. The van der Waals surface area contributed by atoms with Crippen molar-refractivity contribution in [2.75, 3.05) is 105 Å². The first-order chi connectivity index (χ1) is 74.0. The second-order valence-corrected chi connectivity index (χ2v) is 33.8. The molecule has 0 radical (unpaired) electrons. The molecule has 0 bridgehead atoms. The molecule has 19 N–H and O–H groups in total. The molecule has 147 heavy (non-hydrogen) atoms. The smallest absolute Gasteiger partial charge is 0.373 e. The molecule has 21 heterocycles. The standard InChI is InChI=1S/2C15H22FN5O2.C14H20FN5O3.C11H14FN5O2.C10H12FN5O3.C10H12FN5O.C9H10FN5O2.2CO2/c2*1-3-17-13-12-14(19-7-18-13)21(8-20-12)15-11(16)9(2)10(23-15)5-4-6-22;1-2-16-12-10-13(18-6-17-12)20(7-19-10)14-9(15)11(22)8(23-14)4-3-5-21;1-5-6(2-18)19-11(7(5)12)17-4-16-8-9(13)14-3-15-10(8)17;11-5-7(18)4(1-17)19-10(5)16-3-15-6-8(12)13-2-14-9(6)16;1-5-2-17-10(6(5)11)16-4-15-7-8(12)13-3-14-9(7)16;10-5-4(16)1-17-9(5)15-3-14-6-7(11)12-2-13-8(6)15;2*2-1-3/h2*7-11,15,22H,3-6H2,1-2H3,(H,17,18,19);6-9,11,14,21-22H,2-5H2,1H3,(H,16,17,18);3-7,11,18H,2H2,1H3,(H2,13,14,15);2-5,7,10,17-18H,1H2,(H2,12,13,14);3-6,10H,2H2,1H3,(H2,12,13,14);2-5,9,16H,1H2,(H2,11,12,13);;/t2*9-,10-,11+,15-;8-,9+,11-,14-;5-,6-,7+,11-;4-,5+,7-,10-;5-,6+,10-;4-,5+,9-;;/m1111111../s1/i2*1T,22T;1T,21T;;;;;;. The molecule has 54 nitrogen and oxygen atoms in total. The van der Waals surface area contributed by atoms with Crippen LogP contribution < -0.4 is 38.9 Å². The molecule has 61 heteroatoms. The summed E-state index contributed by atoms with van der Waals surface area (Å²) in [4.78, 5) is 118. The summed E-state index contributed by atoms with van der Waals surface area (Å²) < 4.78 is 191. The molecule has 794 valence electrons. The number of imidazole rings is 7. The zero-order valence-corrected chi connectivity index (χ0v) is 79.0. The number of aliphatic hydroxyl groups is 8. The number of nitrogens with two attached hydrogens (primary N) is 4. The SMILES string of the molecule is C[C@@H]1CO[C@@H](n2cnc3c(N)ncnc32)[C@H]1F.C[C@H]1[C@H](F)[C@H](n2cnc3c(N)ncnc32)O[C@@H]1CO.Nc1ncnc2c1ncn2[C@@H]1OC[C@@H](O)[C@@H]1F.Nc1ncnc2c1ncn2[C@@H]1O[C@H](CO)[C@@H](O)[C@@H]1F.O=C=O.O=C=O.[3H]CCNc1ncnc2c1ncn2[C@@H]1O[C@H](CCCO[3H])[C@@H](C)[C@@H]1F.[3H]CCNc1ncnc2c1ncn2[C@@H]1O[C@H](CCCO[3H])[C@@H](C)[C@@H]1F.[3H]CCNc1ncnc2c1ncn2[C@@H]1O[C@H](CCCO[3H])[C@@H](O)[C@@H]1F. The first kappa shape index (κ1) is 102. The highest BCUT2D eigenvalue weighted by Crippen LogP contribution is 2.45. The van der Waals surface area contributed by atoms with E-state index >= 15 is 0 Å². The van der Waals surface area contributed by atoms with Gasteiger partial charge >= 0.3 is 12.3 Å². The highest BCUT2D eigenvalue weighted by atomic mass is 19.2. The number of hydrogen-bond acceptors (Lipinski definition) is 47. The molecular formula is C86H112F7N35O19. The number of halogens is 7. The van der Waals surface area contributed by atoms with Gasteiger partial charge in [0.15, 0.2) is 177 Å². The lowest BCUT2D eigenvalue weighted by atomic mass is 9.98.